The van der Waals surface area contributed by atoms with E-state index >= 15 is 0 Å². The number of aryl methyl sites for hydroxylation is 1. The molecule has 1 heterocycles. The summed E-state index contributed by atoms with van der Waals surface area (Å²) in [5.41, 5.74) is 5.35. The van der Waals surface area contributed by atoms with Crippen molar-refractivity contribution in [3.63, 3.8) is 0 Å². The number of phenols is 1. The first-order valence-corrected chi connectivity index (χ1v) is 14.2. The average molecular weight is 701 g/mol. The van der Waals surface area contributed by atoms with Gasteiger partial charge in [0.1, 0.15) is 5.75 Å². The SMILES string of the molecule is Cc1ccc(-c2nnc(SCC(=O)NN=Cc3cc(I)cc(I)c3O)n2C2CCCCC2)cc1. The van der Waals surface area contributed by atoms with Gasteiger partial charge in [0.2, 0.25) is 0 Å². The van der Waals surface area contributed by atoms with E-state index in [0.29, 0.717) is 11.6 Å². The van der Waals surface area contributed by atoms with Gasteiger partial charge >= 0.3 is 0 Å². The molecule has 0 radical (unpaired) electrons. The Morgan fingerprint density at radius 2 is 1.94 bits per heavy atom. The van der Waals surface area contributed by atoms with Crippen LogP contribution in [0, 0.1) is 14.1 Å². The Hall–Kier alpha value is -1.67. The molecule has 0 bridgehead atoms. The molecule has 0 atom stereocenters. The van der Waals surface area contributed by atoms with E-state index in [0.717, 1.165) is 36.5 Å². The van der Waals surface area contributed by atoms with Gasteiger partial charge < -0.3 is 5.11 Å². The topological polar surface area (TPSA) is 92.4 Å². The first kappa shape index (κ1) is 25.4. The van der Waals surface area contributed by atoms with Gasteiger partial charge in [0.25, 0.3) is 5.91 Å². The molecule has 1 saturated carbocycles. The molecule has 1 aliphatic rings. The largest absolute Gasteiger partial charge is 0.506 e. The van der Waals surface area contributed by atoms with Crippen molar-refractivity contribution < 1.29 is 9.90 Å². The lowest BCUT2D eigenvalue weighted by atomic mass is 9.95. The minimum absolute atomic E-state index is 0.151. The second-order valence-corrected chi connectivity index (χ2v) is 11.6. The molecule has 2 N–H and O–H groups in total. The molecule has 3 aromatic rings. The molecule has 0 unspecified atom stereocenters. The maximum absolute atomic E-state index is 12.5. The summed E-state index contributed by atoms with van der Waals surface area (Å²) in [6, 6.07) is 12.3. The zero-order valence-corrected chi connectivity index (χ0v) is 23.8. The number of halogens is 2. The molecule has 1 aromatic heterocycles. The summed E-state index contributed by atoms with van der Waals surface area (Å²) in [5, 5.41) is 23.9. The lowest BCUT2D eigenvalue weighted by molar-refractivity contribution is -0.118. The summed E-state index contributed by atoms with van der Waals surface area (Å²) in [7, 11) is 0. The number of hydrogen-bond donors (Lipinski definition) is 2. The normalized spacial score (nSPS) is 14.6. The molecular formula is C24H25I2N5O2S. The number of phenolic OH excluding ortho intramolecular Hbond substituents is 1. The molecule has 0 aliphatic heterocycles. The Balaban J connectivity index is 1.46. The van der Waals surface area contributed by atoms with Gasteiger partial charge in [-0.15, -0.1) is 10.2 Å². The van der Waals surface area contributed by atoms with E-state index < -0.39 is 0 Å². The van der Waals surface area contributed by atoms with Crippen molar-refractivity contribution in [3.05, 3.63) is 54.7 Å². The molecule has 178 valence electrons. The highest BCUT2D eigenvalue weighted by Crippen LogP contribution is 2.35. The summed E-state index contributed by atoms with van der Waals surface area (Å²) in [6.45, 7) is 2.07. The highest BCUT2D eigenvalue weighted by Gasteiger charge is 2.24. The number of amides is 1. The van der Waals surface area contributed by atoms with Crippen LogP contribution in [0.15, 0.2) is 46.7 Å². The summed E-state index contributed by atoms with van der Waals surface area (Å²) >= 11 is 5.62. The fourth-order valence-electron chi connectivity index (χ4n) is 3.96. The van der Waals surface area contributed by atoms with Crippen LogP contribution in [0.2, 0.25) is 0 Å². The van der Waals surface area contributed by atoms with Crippen LogP contribution in [0.25, 0.3) is 11.4 Å². The van der Waals surface area contributed by atoms with Crippen LogP contribution in [-0.2, 0) is 4.79 Å². The van der Waals surface area contributed by atoms with E-state index in [2.05, 4.69) is 102 Å². The lowest BCUT2D eigenvalue weighted by Gasteiger charge is -2.25. The second-order valence-electron chi connectivity index (χ2n) is 8.24. The zero-order valence-electron chi connectivity index (χ0n) is 18.7. The molecule has 10 heteroatoms. The van der Waals surface area contributed by atoms with E-state index in [9.17, 15) is 9.90 Å². The number of benzene rings is 2. The maximum atomic E-state index is 12.5. The van der Waals surface area contributed by atoms with Crippen LogP contribution < -0.4 is 5.43 Å². The summed E-state index contributed by atoms with van der Waals surface area (Å²) < 4.78 is 3.94. The van der Waals surface area contributed by atoms with Crippen LogP contribution in [0.1, 0.15) is 49.3 Å². The molecule has 1 fully saturated rings. The predicted octanol–water partition coefficient (Wildman–Crippen LogP) is 5.92. The van der Waals surface area contributed by atoms with Gasteiger partial charge in [-0.2, -0.15) is 5.10 Å². The molecule has 7 nitrogen and oxygen atoms in total. The Kier molecular flexibility index (Phi) is 8.86. The van der Waals surface area contributed by atoms with E-state index in [1.807, 2.05) is 12.1 Å². The summed E-state index contributed by atoms with van der Waals surface area (Å²) in [6.07, 6.45) is 7.30. The number of hydrazone groups is 1. The van der Waals surface area contributed by atoms with Gasteiger partial charge in [0, 0.05) is 20.7 Å². The highest BCUT2D eigenvalue weighted by molar-refractivity contribution is 14.1. The van der Waals surface area contributed by atoms with Crippen molar-refractivity contribution in [3.8, 4) is 17.1 Å². The molecule has 0 spiro atoms. The van der Waals surface area contributed by atoms with Gasteiger partial charge in [-0.3, -0.25) is 9.36 Å². The fraction of sp³-hybridized carbons (Fsp3) is 0.333. The number of rotatable bonds is 7. The third kappa shape index (κ3) is 6.30. The van der Waals surface area contributed by atoms with Gasteiger partial charge in [0.15, 0.2) is 11.0 Å². The van der Waals surface area contributed by atoms with Crippen molar-refractivity contribution in [2.24, 2.45) is 5.10 Å². The van der Waals surface area contributed by atoms with Crippen molar-refractivity contribution in [2.45, 2.75) is 50.2 Å². The molecule has 4 rings (SSSR count). The highest BCUT2D eigenvalue weighted by atomic mass is 127. The third-order valence-corrected chi connectivity index (χ3v) is 8.09. The minimum atomic E-state index is -0.240. The number of aromatic hydroxyl groups is 1. The Morgan fingerprint density at radius 1 is 1.21 bits per heavy atom. The Labute approximate surface area is 230 Å². The van der Waals surface area contributed by atoms with Gasteiger partial charge in [0.05, 0.1) is 15.5 Å². The van der Waals surface area contributed by atoms with E-state index in [-0.39, 0.29) is 17.4 Å². The van der Waals surface area contributed by atoms with Gasteiger partial charge in [-0.25, -0.2) is 5.43 Å². The first-order valence-electron chi connectivity index (χ1n) is 11.1. The predicted molar refractivity (Wildman–Crippen MR) is 152 cm³/mol. The summed E-state index contributed by atoms with van der Waals surface area (Å²) in [5.74, 6) is 0.941. The van der Waals surface area contributed by atoms with E-state index in [4.69, 9.17) is 0 Å². The molecule has 0 saturated heterocycles. The molecule has 2 aromatic carbocycles. The van der Waals surface area contributed by atoms with Crippen LogP contribution in [0.5, 0.6) is 5.75 Å². The third-order valence-electron chi connectivity index (χ3n) is 5.70. The first-order chi connectivity index (χ1) is 16.4. The minimum Gasteiger partial charge on any atom is -0.506 e. The maximum Gasteiger partial charge on any atom is 0.250 e. The Bertz CT molecular complexity index is 1190. The van der Waals surface area contributed by atoms with Crippen LogP contribution in [0.4, 0.5) is 0 Å². The number of hydrogen-bond acceptors (Lipinski definition) is 6. The quantitative estimate of drug-likeness (QED) is 0.138. The fourth-order valence-corrected chi connectivity index (χ4v) is 6.65. The van der Waals surface area contributed by atoms with Crippen molar-refractivity contribution in [2.75, 3.05) is 5.75 Å². The van der Waals surface area contributed by atoms with Gasteiger partial charge in [-0.1, -0.05) is 60.9 Å². The number of nitrogens with zero attached hydrogens (tertiary/aromatic N) is 4. The molecular weight excluding hydrogens is 676 g/mol. The monoisotopic (exact) mass is 701 g/mol. The number of thioether (sulfide) groups is 1. The van der Waals surface area contributed by atoms with E-state index in [1.165, 1.54) is 42.8 Å². The van der Waals surface area contributed by atoms with Gasteiger partial charge in [-0.05, 0) is 77.1 Å². The van der Waals surface area contributed by atoms with Crippen LogP contribution in [0.3, 0.4) is 0 Å². The van der Waals surface area contributed by atoms with Crippen molar-refractivity contribution >= 4 is 69.1 Å². The average Bonchev–Trinajstić information content (AvgIpc) is 3.25. The lowest BCUT2D eigenvalue weighted by Crippen LogP contribution is -2.20. The summed E-state index contributed by atoms with van der Waals surface area (Å²) in [4.78, 5) is 12.5. The zero-order chi connectivity index (χ0) is 24.1. The number of aromatic nitrogens is 3. The van der Waals surface area contributed by atoms with Crippen LogP contribution in [-0.4, -0.2) is 37.7 Å². The smallest absolute Gasteiger partial charge is 0.250 e. The van der Waals surface area contributed by atoms with E-state index in [1.54, 1.807) is 0 Å². The molecule has 34 heavy (non-hydrogen) atoms. The second kappa shape index (κ2) is 11.8. The number of nitrogens with one attached hydrogen (secondary N) is 1. The van der Waals surface area contributed by atoms with Crippen molar-refractivity contribution in [1.82, 2.24) is 20.2 Å². The molecule has 1 aliphatic carbocycles. The number of carbonyl (C=O) groups is 1. The Morgan fingerprint density at radius 3 is 2.68 bits per heavy atom. The molecule has 1 amide bonds. The standard InChI is InChI=1S/C24H25I2N5O2S/c1-15-7-9-16(10-8-15)23-29-30-24(31(23)19-5-3-2-4-6-19)34-14-21(32)28-27-13-17-11-18(25)12-20(26)22(17)33/h7-13,19,33H,2-6,14H2,1H3,(H,28,32). The number of carbonyl (C=O) groups excluding carboxylic acids is 1. The van der Waals surface area contributed by atoms with Crippen molar-refractivity contribution in [1.29, 1.82) is 0 Å². The van der Waals surface area contributed by atoms with Crippen LogP contribution >= 0.6 is 56.9 Å².